The number of sulfonamides is 1. The lowest BCUT2D eigenvalue weighted by atomic mass is 9.64. The Hall–Kier alpha value is -1.73. The van der Waals surface area contributed by atoms with Crippen LogP contribution in [-0.4, -0.2) is 68.5 Å². The maximum Gasteiger partial charge on any atom is 0.220 e. The van der Waals surface area contributed by atoms with Gasteiger partial charge in [0.25, 0.3) is 0 Å². The first kappa shape index (κ1) is 24.9. The van der Waals surface area contributed by atoms with Gasteiger partial charge in [-0.05, 0) is 30.5 Å². The van der Waals surface area contributed by atoms with E-state index in [1.165, 1.54) is 22.7 Å². The van der Waals surface area contributed by atoms with E-state index in [1.807, 2.05) is 12.1 Å². The van der Waals surface area contributed by atoms with Crippen LogP contribution in [-0.2, 0) is 21.2 Å². The second-order valence-electron chi connectivity index (χ2n) is 8.17. The largest absolute Gasteiger partial charge is 0.364 e. The summed E-state index contributed by atoms with van der Waals surface area (Å²) in [4.78, 5) is 6.49. The number of guanidine groups is 1. The van der Waals surface area contributed by atoms with Crippen molar-refractivity contribution in [2.45, 2.75) is 30.4 Å². The maximum absolute atomic E-state index is 13.3. The van der Waals surface area contributed by atoms with Gasteiger partial charge in [-0.1, -0.05) is 23.7 Å². The molecule has 176 valence electrons. The monoisotopic (exact) mass is 577 g/mol. The van der Waals surface area contributed by atoms with Crippen molar-refractivity contribution in [3.63, 3.8) is 0 Å². The van der Waals surface area contributed by atoms with Gasteiger partial charge in [-0.15, -0.1) is 24.0 Å². The van der Waals surface area contributed by atoms with Crippen molar-refractivity contribution in [3.05, 3.63) is 53.7 Å². The van der Waals surface area contributed by atoms with E-state index in [4.69, 9.17) is 4.52 Å². The Morgan fingerprint density at radius 1 is 1.19 bits per heavy atom. The fourth-order valence-corrected chi connectivity index (χ4v) is 5.75. The van der Waals surface area contributed by atoms with E-state index < -0.39 is 10.0 Å². The van der Waals surface area contributed by atoms with Crippen molar-refractivity contribution in [1.82, 2.24) is 19.7 Å². The number of nitrogens with zero attached hydrogens (tertiary/aromatic N) is 4. The van der Waals surface area contributed by atoms with Crippen LogP contribution in [0.3, 0.4) is 0 Å². The molecule has 1 aliphatic heterocycles. The van der Waals surface area contributed by atoms with Crippen molar-refractivity contribution < 1.29 is 17.3 Å². The molecule has 4 rings (SSSR count). The Kier molecular flexibility index (Phi) is 8.15. The SMILES string of the molecule is CN=C(NCC1(c2ccc(F)cc2)CCC1)N1CCN(S(=O)(=O)Cc2ccon2)CC1.I. The molecular weight excluding hydrogens is 548 g/mol. The zero-order valence-corrected chi connectivity index (χ0v) is 21.2. The maximum atomic E-state index is 13.3. The summed E-state index contributed by atoms with van der Waals surface area (Å²) in [6.07, 6.45) is 4.63. The molecule has 1 saturated heterocycles. The van der Waals surface area contributed by atoms with Crippen LogP contribution >= 0.6 is 24.0 Å². The molecule has 0 atom stereocenters. The third-order valence-corrected chi connectivity index (χ3v) is 8.13. The van der Waals surface area contributed by atoms with Gasteiger partial charge in [-0.3, -0.25) is 4.99 Å². The Morgan fingerprint density at radius 3 is 2.41 bits per heavy atom. The smallest absolute Gasteiger partial charge is 0.220 e. The van der Waals surface area contributed by atoms with Gasteiger partial charge in [0.1, 0.15) is 17.8 Å². The molecule has 0 unspecified atom stereocenters. The third kappa shape index (κ3) is 5.42. The van der Waals surface area contributed by atoms with Crippen LogP contribution in [0.4, 0.5) is 4.39 Å². The summed E-state index contributed by atoms with van der Waals surface area (Å²) >= 11 is 0. The van der Waals surface area contributed by atoms with Crippen molar-refractivity contribution in [1.29, 1.82) is 0 Å². The number of hydrogen-bond donors (Lipinski definition) is 1. The number of rotatable bonds is 6. The van der Waals surface area contributed by atoms with Crippen molar-refractivity contribution in [2.75, 3.05) is 39.8 Å². The topological polar surface area (TPSA) is 91.0 Å². The number of hydrogen-bond acceptors (Lipinski definition) is 5. The zero-order valence-electron chi connectivity index (χ0n) is 18.0. The molecule has 2 heterocycles. The number of piperazine rings is 1. The van der Waals surface area contributed by atoms with Gasteiger partial charge >= 0.3 is 0 Å². The van der Waals surface area contributed by atoms with Crippen molar-refractivity contribution in [2.24, 2.45) is 4.99 Å². The molecule has 8 nitrogen and oxygen atoms in total. The molecule has 1 saturated carbocycles. The first-order chi connectivity index (χ1) is 14.9. The van der Waals surface area contributed by atoms with Crippen LogP contribution in [0.5, 0.6) is 0 Å². The van der Waals surface area contributed by atoms with Crippen LogP contribution in [0.1, 0.15) is 30.5 Å². The van der Waals surface area contributed by atoms with E-state index >= 15 is 0 Å². The highest BCUT2D eigenvalue weighted by Gasteiger charge is 2.39. The van der Waals surface area contributed by atoms with Gasteiger partial charge < -0.3 is 14.7 Å². The van der Waals surface area contributed by atoms with E-state index in [0.29, 0.717) is 31.9 Å². The van der Waals surface area contributed by atoms with E-state index in [0.717, 1.165) is 37.3 Å². The average Bonchev–Trinajstić information content (AvgIpc) is 3.23. The highest BCUT2D eigenvalue weighted by molar-refractivity contribution is 14.0. The van der Waals surface area contributed by atoms with E-state index in [-0.39, 0.29) is 41.0 Å². The molecule has 11 heteroatoms. The average molecular weight is 577 g/mol. The normalized spacial score (nSPS) is 19.2. The molecule has 2 aliphatic rings. The highest BCUT2D eigenvalue weighted by atomic mass is 127. The summed E-state index contributed by atoms with van der Waals surface area (Å²) in [6.45, 7) is 2.62. The molecule has 2 fully saturated rings. The summed E-state index contributed by atoms with van der Waals surface area (Å²) in [5.41, 5.74) is 1.55. The quantitative estimate of drug-likeness (QED) is 0.323. The van der Waals surface area contributed by atoms with E-state index in [9.17, 15) is 12.8 Å². The second kappa shape index (κ2) is 10.5. The summed E-state index contributed by atoms with van der Waals surface area (Å²) in [5, 5.41) is 7.18. The van der Waals surface area contributed by atoms with Gasteiger partial charge in [-0.25, -0.2) is 12.8 Å². The molecule has 0 radical (unpaired) electrons. The molecule has 32 heavy (non-hydrogen) atoms. The fraction of sp³-hybridized carbons (Fsp3) is 0.524. The molecule has 1 aromatic carbocycles. The lowest BCUT2D eigenvalue weighted by Gasteiger charge is -2.44. The Bertz CT molecular complexity index is 1000. The number of halogens is 2. The minimum absolute atomic E-state index is 0. The first-order valence-corrected chi connectivity index (χ1v) is 12.1. The third-order valence-electron chi connectivity index (χ3n) is 6.32. The van der Waals surface area contributed by atoms with Crippen molar-refractivity contribution >= 4 is 40.0 Å². The lowest BCUT2D eigenvalue weighted by molar-refractivity contribution is 0.231. The highest BCUT2D eigenvalue weighted by Crippen LogP contribution is 2.43. The minimum atomic E-state index is -3.44. The first-order valence-electron chi connectivity index (χ1n) is 10.5. The molecular formula is C21H29FIN5O3S. The van der Waals surface area contributed by atoms with Gasteiger partial charge in [0.15, 0.2) is 5.96 Å². The fourth-order valence-electron chi connectivity index (χ4n) is 4.32. The van der Waals surface area contributed by atoms with Gasteiger partial charge in [0.05, 0.1) is 5.69 Å². The Morgan fingerprint density at radius 2 is 1.88 bits per heavy atom. The predicted octanol–water partition coefficient (Wildman–Crippen LogP) is 2.58. The zero-order chi connectivity index (χ0) is 21.9. The summed E-state index contributed by atoms with van der Waals surface area (Å²) in [7, 11) is -1.70. The van der Waals surface area contributed by atoms with Crippen LogP contribution < -0.4 is 5.32 Å². The number of aromatic nitrogens is 1. The molecule has 1 aliphatic carbocycles. The molecule has 1 aromatic heterocycles. The standard InChI is InChI=1S/C21H28FN5O3S.HI/c1-23-20(24-16-21(8-2-9-21)17-3-5-18(22)6-4-17)26-10-12-27(13-11-26)31(28,29)15-19-7-14-30-25-19;/h3-7,14H,2,8-13,15-16H2,1H3,(H,23,24);1H. The van der Waals surface area contributed by atoms with Crippen LogP contribution in [0, 0.1) is 5.82 Å². The van der Waals surface area contributed by atoms with E-state index in [2.05, 4.69) is 20.4 Å². The van der Waals surface area contributed by atoms with Crippen LogP contribution in [0.25, 0.3) is 0 Å². The Balaban J connectivity index is 0.00000289. The Labute approximate surface area is 205 Å². The van der Waals surface area contributed by atoms with Crippen molar-refractivity contribution in [3.8, 4) is 0 Å². The molecule has 2 aromatic rings. The van der Waals surface area contributed by atoms with E-state index in [1.54, 1.807) is 13.1 Å². The molecule has 1 N–H and O–H groups in total. The molecule has 0 bridgehead atoms. The van der Waals surface area contributed by atoms with Crippen LogP contribution in [0.15, 0.2) is 46.1 Å². The van der Waals surface area contributed by atoms with Gasteiger partial charge in [-0.2, -0.15) is 4.31 Å². The summed E-state index contributed by atoms with van der Waals surface area (Å²) in [6, 6.07) is 8.34. The second-order valence-corrected chi connectivity index (χ2v) is 10.1. The van der Waals surface area contributed by atoms with Gasteiger partial charge in [0, 0.05) is 51.3 Å². The molecule has 0 amide bonds. The number of aliphatic imine (C=N–C) groups is 1. The number of nitrogens with one attached hydrogen (secondary N) is 1. The number of benzene rings is 1. The van der Waals surface area contributed by atoms with Gasteiger partial charge in [0.2, 0.25) is 10.0 Å². The molecule has 0 spiro atoms. The lowest BCUT2D eigenvalue weighted by Crippen LogP contribution is -2.56. The van der Waals surface area contributed by atoms with Crippen LogP contribution in [0.2, 0.25) is 0 Å². The predicted molar refractivity (Wildman–Crippen MR) is 131 cm³/mol. The summed E-state index contributed by atoms with van der Waals surface area (Å²) in [5.74, 6) is 0.386. The minimum Gasteiger partial charge on any atom is -0.364 e. The summed E-state index contributed by atoms with van der Waals surface area (Å²) < 4.78 is 44.8.